The molecular formula is C14H19N3OS. The first-order chi connectivity index (χ1) is 9.19. The number of ether oxygens (including phenoxy) is 1. The Morgan fingerprint density at radius 3 is 2.89 bits per heavy atom. The molecule has 0 bridgehead atoms. The van der Waals surface area contributed by atoms with E-state index >= 15 is 0 Å². The number of hydrogen-bond donors (Lipinski definition) is 2. The largest absolute Gasteiger partial charge is 0.491 e. The van der Waals surface area contributed by atoms with Crippen LogP contribution in [0.25, 0.3) is 0 Å². The molecule has 0 aliphatic heterocycles. The highest BCUT2D eigenvalue weighted by Crippen LogP contribution is 2.23. The summed E-state index contributed by atoms with van der Waals surface area (Å²) in [6.45, 7) is 4.03. The van der Waals surface area contributed by atoms with Gasteiger partial charge in [0.1, 0.15) is 5.75 Å². The van der Waals surface area contributed by atoms with Gasteiger partial charge in [-0.3, -0.25) is 16.3 Å². The van der Waals surface area contributed by atoms with Crippen LogP contribution in [0.3, 0.4) is 0 Å². The molecule has 0 aliphatic rings. The summed E-state index contributed by atoms with van der Waals surface area (Å²) in [5.74, 6) is 6.54. The van der Waals surface area contributed by atoms with Crippen molar-refractivity contribution < 1.29 is 4.74 Å². The number of nitrogens with two attached hydrogens (primary N) is 1. The molecule has 0 spiro atoms. The van der Waals surface area contributed by atoms with E-state index in [2.05, 4.69) is 16.5 Å². The summed E-state index contributed by atoms with van der Waals surface area (Å²) in [5, 5.41) is 0. The summed E-state index contributed by atoms with van der Waals surface area (Å²) in [6, 6.07) is 8.11. The fourth-order valence-corrected chi connectivity index (χ4v) is 2.54. The molecule has 0 amide bonds. The molecule has 1 heterocycles. The van der Waals surface area contributed by atoms with E-state index in [9.17, 15) is 0 Å². The normalized spacial score (nSPS) is 12.6. The van der Waals surface area contributed by atoms with Crippen LogP contribution in [0.4, 0.5) is 0 Å². The van der Waals surface area contributed by atoms with Crippen LogP contribution in [0.15, 0.2) is 36.0 Å². The third kappa shape index (κ3) is 4.02. The number of nitrogens with one attached hydrogen (secondary N) is 1. The van der Waals surface area contributed by atoms with E-state index in [4.69, 9.17) is 10.6 Å². The maximum atomic E-state index is 5.71. The molecule has 0 aliphatic carbocycles. The van der Waals surface area contributed by atoms with Gasteiger partial charge in [-0.15, -0.1) is 11.3 Å². The Hall–Kier alpha value is -1.43. The Bertz CT molecular complexity index is 499. The number of hydrazine groups is 1. The van der Waals surface area contributed by atoms with E-state index in [0.717, 1.165) is 17.7 Å². The van der Waals surface area contributed by atoms with Gasteiger partial charge in [-0.1, -0.05) is 12.1 Å². The Morgan fingerprint density at radius 2 is 2.26 bits per heavy atom. The van der Waals surface area contributed by atoms with Crippen LogP contribution in [0.2, 0.25) is 0 Å². The SMILES string of the molecule is CC(C)Oc1cccc(C(Cc2cncs2)NN)c1. The molecule has 0 saturated heterocycles. The number of thiazole rings is 1. The van der Waals surface area contributed by atoms with Gasteiger partial charge >= 0.3 is 0 Å². The molecule has 3 N–H and O–H groups in total. The van der Waals surface area contributed by atoms with Crippen LogP contribution >= 0.6 is 11.3 Å². The Balaban J connectivity index is 2.13. The van der Waals surface area contributed by atoms with Crippen LogP contribution in [0.5, 0.6) is 5.75 Å². The molecule has 1 unspecified atom stereocenters. The zero-order valence-corrected chi connectivity index (χ0v) is 12.0. The van der Waals surface area contributed by atoms with Crippen molar-refractivity contribution in [3.63, 3.8) is 0 Å². The highest BCUT2D eigenvalue weighted by Gasteiger charge is 2.12. The molecular weight excluding hydrogens is 258 g/mol. The van der Waals surface area contributed by atoms with Crippen LogP contribution in [0.1, 0.15) is 30.3 Å². The van der Waals surface area contributed by atoms with Gasteiger partial charge < -0.3 is 4.74 Å². The average Bonchev–Trinajstić information content (AvgIpc) is 2.88. The number of nitrogens with zero attached hydrogens (tertiary/aromatic N) is 1. The second-order valence-electron chi connectivity index (χ2n) is 4.63. The van der Waals surface area contributed by atoms with Crippen LogP contribution in [-0.4, -0.2) is 11.1 Å². The molecule has 2 aromatic rings. The van der Waals surface area contributed by atoms with Gasteiger partial charge in [0.2, 0.25) is 0 Å². The van der Waals surface area contributed by atoms with Gasteiger partial charge in [0.25, 0.3) is 0 Å². The number of benzene rings is 1. The molecule has 19 heavy (non-hydrogen) atoms. The average molecular weight is 277 g/mol. The molecule has 0 radical (unpaired) electrons. The van der Waals surface area contributed by atoms with Gasteiger partial charge in [-0.05, 0) is 31.5 Å². The van der Waals surface area contributed by atoms with Gasteiger partial charge in [0.15, 0.2) is 0 Å². The quantitative estimate of drug-likeness (QED) is 0.629. The smallest absolute Gasteiger partial charge is 0.120 e. The monoisotopic (exact) mass is 277 g/mol. The first-order valence-corrected chi connectivity index (χ1v) is 7.17. The van der Waals surface area contributed by atoms with E-state index in [1.807, 2.05) is 43.8 Å². The zero-order valence-electron chi connectivity index (χ0n) is 11.2. The van der Waals surface area contributed by atoms with Crippen molar-refractivity contribution in [2.24, 2.45) is 5.84 Å². The maximum absolute atomic E-state index is 5.71. The highest BCUT2D eigenvalue weighted by atomic mass is 32.1. The zero-order chi connectivity index (χ0) is 13.7. The molecule has 4 nitrogen and oxygen atoms in total. The van der Waals surface area contributed by atoms with Crippen molar-refractivity contribution in [1.82, 2.24) is 10.4 Å². The van der Waals surface area contributed by atoms with Crippen LogP contribution in [-0.2, 0) is 6.42 Å². The first-order valence-electron chi connectivity index (χ1n) is 6.29. The second kappa shape index (κ2) is 6.65. The lowest BCUT2D eigenvalue weighted by molar-refractivity contribution is 0.242. The van der Waals surface area contributed by atoms with E-state index in [1.165, 1.54) is 4.88 Å². The molecule has 1 aromatic heterocycles. The van der Waals surface area contributed by atoms with E-state index in [1.54, 1.807) is 11.3 Å². The first kappa shape index (κ1) is 14.0. The van der Waals surface area contributed by atoms with E-state index in [0.29, 0.717) is 0 Å². The second-order valence-corrected chi connectivity index (χ2v) is 5.60. The Labute approximate surface area is 117 Å². The molecule has 0 fully saturated rings. The summed E-state index contributed by atoms with van der Waals surface area (Å²) >= 11 is 1.64. The maximum Gasteiger partial charge on any atom is 0.120 e. The number of aromatic nitrogens is 1. The van der Waals surface area contributed by atoms with Crippen LogP contribution < -0.4 is 16.0 Å². The van der Waals surface area contributed by atoms with Crippen LogP contribution in [0, 0.1) is 0 Å². The van der Waals surface area contributed by atoms with Gasteiger partial charge in [-0.25, -0.2) is 0 Å². The van der Waals surface area contributed by atoms with Crippen molar-refractivity contribution in [3.05, 3.63) is 46.4 Å². The summed E-state index contributed by atoms with van der Waals surface area (Å²) < 4.78 is 5.71. The number of rotatable bonds is 6. The fraction of sp³-hybridized carbons (Fsp3) is 0.357. The molecule has 2 rings (SSSR count). The molecule has 1 atom stereocenters. The molecule has 5 heteroatoms. The standard InChI is InChI=1S/C14H19N3OS/c1-10(2)18-12-5-3-4-11(6-12)14(17-15)7-13-8-16-9-19-13/h3-6,8-10,14,17H,7,15H2,1-2H3. The van der Waals surface area contributed by atoms with Gasteiger partial charge in [-0.2, -0.15) is 0 Å². The van der Waals surface area contributed by atoms with Crippen molar-refractivity contribution in [2.75, 3.05) is 0 Å². The molecule has 102 valence electrons. The third-order valence-corrected chi connectivity index (χ3v) is 3.52. The summed E-state index contributed by atoms with van der Waals surface area (Å²) in [4.78, 5) is 5.29. The molecule has 0 saturated carbocycles. The number of hydrogen-bond acceptors (Lipinski definition) is 5. The minimum atomic E-state index is 0.0659. The fourth-order valence-electron chi connectivity index (χ4n) is 1.89. The predicted molar refractivity (Wildman–Crippen MR) is 78.1 cm³/mol. The minimum Gasteiger partial charge on any atom is -0.491 e. The summed E-state index contributed by atoms with van der Waals surface area (Å²) in [5.41, 5.74) is 5.81. The lowest BCUT2D eigenvalue weighted by atomic mass is 10.0. The topological polar surface area (TPSA) is 60.2 Å². The molecule has 1 aromatic carbocycles. The van der Waals surface area contributed by atoms with Crippen molar-refractivity contribution >= 4 is 11.3 Å². The van der Waals surface area contributed by atoms with E-state index in [-0.39, 0.29) is 12.1 Å². The van der Waals surface area contributed by atoms with Crippen molar-refractivity contribution in [2.45, 2.75) is 32.4 Å². The summed E-state index contributed by atoms with van der Waals surface area (Å²) in [6.07, 6.45) is 2.87. The lowest BCUT2D eigenvalue weighted by Crippen LogP contribution is -2.29. The Kier molecular flexibility index (Phi) is 4.90. The third-order valence-electron chi connectivity index (χ3n) is 2.72. The van der Waals surface area contributed by atoms with Gasteiger partial charge in [0.05, 0.1) is 17.7 Å². The predicted octanol–water partition coefficient (Wildman–Crippen LogP) is 2.68. The van der Waals surface area contributed by atoms with Crippen molar-refractivity contribution in [1.29, 1.82) is 0 Å². The van der Waals surface area contributed by atoms with E-state index < -0.39 is 0 Å². The van der Waals surface area contributed by atoms with Crippen molar-refractivity contribution in [3.8, 4) is 5.75 Å². The van der Waals surface area contributed by atoms with Gasteiger partial charge in [0, 0.05) is 17.5 Å². The summed E-state index contributed by atoms with van der Waals surface area (Å²) in [7, 11) is 0. The lowest BCUT2D eigenvalue weighted by Gasteiger charge is -2.17. The highest BCUT2D eigenvalue weighted by molar-refractivity contribution is 7.09. The minimum absolute atomic E-state index is 0.0659. The Morgan fingerprint density at radius 1 is 1.42 bits per heavy atom.